The highest BCUT2D eigenvalue weighted by molar-refractivity contribution is 5.92. The van der Waals surface area contributed by atoms with Crippen molar-refractivity contribution in [2.24, 2.45) is 0 Å². The first-order chi connectivity index (χ1) is 12.4. The van der Waals surface area contributed by atoms with E-state index in [1.54, 1.807) is 44.3 Å². The number of hydrogen-bond acceptors (Lipinski definition) is 5. The van der Waals surface area contributed by atoms with Crippen molar-refractivity contribution in [2.75, 3.05) is 27.3 Å². The zero-order chi connectivity index (χ0) is 19.1. The molecule has 0 saturated carbocycles. The van der Waals surface area contributed by atoms with Gasteiger partial charge in [-0.05, 0) is 30.7 Å². The van der Waals surface area contributed by atoms with Crippen molar-refractivity contribution in [3.8, 4) is 11.5 Å². The summed E-state index contributed by atoms with van der Waals surface area (Å²) in [6.45, 7) is 6.32. The Labute approximate surface area is 154 Å². The molecule has 0 N–H and O–H groups in total. The Morgan fingerprint density at radius 1 is 1.15 bits per heavy atom. The van der Waals surface area contributed by atoms with E-state index in [4.69, 9.17) is 14.2 Å². The molecule has 6 heteroatoms. The average Bonchev–Trinajstić information content (AvgIpc) is 2.66. The number of hydrogen-bond donors (Lipinski definition) is 0. The van der Waals surface area contributed by atoms with Gasteiger partial charge in [0.05, 0.1) is 14.2 Å². The zero-order valence-electron chi connectivity index (χ0n) is 15.5. The second-order valence-corrected chi connectivity index (χ2v) is 6.16. The van der Waals surface area contributed by atoms with E-state index in [9.17, 15) is 9.59 Å². The van der Waals surface area contributed by atoms with Crippen molar-refractivity contribution in [1.29, 1.82) is 0 Å². The molecule has 1 aromatic rings. The molecule has 26 heavy (non-hydrogen) atoms. The minimum atomic E-state index is -0.372. The SMILES string of the molecule is C=C(C)C(=O)OC1CCN(C(=O)/C=C/c2ccc(OC)c(OC)c2)CC1. The van der Waals surface area contributed by atoms with Crippen molar-refractivity contribution >= 4 is 18.0 Å². The van der Waals surface area contributed by atoms with E-state index in [-0.39, 0.29) is 18.0 Å². The number of carbonyl (C=O) groups excluding carboxylic acids is 2. The van der Waals surface area contributed by atoms with Crippen molar-refractivity contribution in [3.63, 3.8) is 0 Å². The Balaban J connectivity index is 1.90. The van der Waals surface area contributed by atoms with Crippen molar-refractivity contribution in [2.45, 2.75) is 25.9 Å². The van der Waals surface area contributed by atoms with Gasteiger partial charge in [-0.2, -0.15) is 0 Å². The molecule has 1 saturated heterocycles. The summed E-state index contributed by atoms with van der Waals surface area (Å²) in [4.78, 5) is 25.7. The molecule has 1 aliphatic heterocycles. The number of rotatable bonds is 6. The third kappa shape index (κ3) is 5.12. The summed E-state index contributed by atoms with van der Waals surface area (Å²) in [6, 6.07) is 5.46. The third-order valence-corrected chi connectivity index (χ3v) is 4.20. The number of esters is 1. The van der Waals surface area contributed by atoms with E-state index < -0.39 is 0 Å². The maximum atomic E-state index is 12.3. The standard InChI is InChI=1S/C20H25NO5/c1-14(2)20(23)26-16-9-11-21(12-10-16)19(22)8-6-15-5-7-17(24-3)18(13-15)25-4/h5-8,13,16H,1,9-12H2,2-4H3/b8-6+. The minimum absolute atomic E-state index is 0.0653. The van der Waals surface area contributed by atoms with Crippen LogP contribution in [0.1, 0.15) is 25.3 Å². The summed E-state index contributed by atoms with van der Waals surface area (Å²) in [5.41, 5.74) is 1.24. The van der Waals surface area contributed by atoms with Crippen molar-refractivity contribution < 1.29 is 23.8 Å². The summed E-state index contributed by atoms with van der Waals surface area (Å²) < 4.78 is 15.8. The van der Waals surface area contributed by atoms with Crippen LogP contribution in [0.25, 0.3) is 6.08 Å². The molecule has 1 amide bonds. The first kappa shape index (κ1) is 19.6. The summed E-state index contributed by atoms with van der Waals surface area (Å²) in [5.74, 6) is 0.817. The van der Waals surface area contributed by atoms with Gasteiger partial charge < -0.3 is 19.1 Å². The van der Waals surface area contributed by atoms with E-state index in [0.29, 0.717) is 43.0 Å². The van der Waals surface area contributed by atoms with Crippen LogP contribution in [-0.2, 0) is 14.3 Å². The Kier molecular flexibility index (Phi) is 6.83. The fourth-order valence-electron chi connectivity index (χ4n) is 2.68. The predicted molar refractivity (Wildman–Crippen MR) is 99.1 cm³/mol. The van der Waals surface area contributed by atoms with Gasteiger partial charge in [0.15, 0.2) is 11.5 Å². The van der Waals surface area contributed by atoms with Crippen LogP contribution in [0.15, 0.2) is 36.4 Å². The second kappa shape index (κ2) is 9.08. The summed E-state index contributed by atoms with van der Waals surface area (Å²) in [6.07, 6.45) is 4.40. The number of nitrogens with zero attached hydrogens (tertiary/aromatic N) is 1. The van der Waals surface area contributed by atoms with Crippen molar-refractivity contribution in [1.82, 2.24) is 4.90 Å². The predicted octanol–water partition coefficient (Wildman–Crippen LogP) is 2.83. The second-order valence-electron chi connectivity index (χ2n) is 6.16. The van der Waals surface area contributed by atoms with Crippen LogP contribution >= 0.6 is 0 Å². The molecule has 0 spiro atoms. The molecule has 2 rings (SSSR count). The van der Waals surface area contributed by atoms with Gasteiger partial charge in [-0.15, -0.1) is 0 Å². The highest BCUT2D eigenvalue weighted by Gasteiger charge is 2.24. The fourth-order valence-corrected chi connectivity index (χ4v) is 2.68. The largest absolute Gasteiger partial charge is 0.493 e. The van der Waals surface area contributed by atoms with Gasteiger partial charge in [0.25, 0.3) is 0 Å². The van der Waals surface area contributed by atoms with Crippen LogP contribution in [0.5, 0.6) is 11.5 Å². The van der Waals surface area contributed by atoms with E-state index in [0.717, 1.165) is 5.56 Å². The van der Waals surface area contributed by atoms with Gasteiger partial charge in [-0.1, -0.05) is 12.6 Å². The first-order valence-electron chi connectivity index (χ1n) is 8.50. The van der Waals surface area contributed by atoms with E-state index >= 15 is 0 Å². The molecular formula is C20H25NO5. The maximum Gasteiger partial charge on any atom is 0.333 e. The lowest BCUT2D eigenvalue weighted by Gasteiger charge is -2.31. The van der Waals surface area contributed by atoms with E-state index in [1.165, 1.54) is 0 Å². The van der Waals surface area contributed by atoms with Crippen LogP contribution in [0, 0.1) is 0 Å². The Bertz CT molecular complexity index is 702. The van der Waals surface area contributed by atoms with Gasteiger partial charge >= 0.3 is 5.97 Å². The van der Waals surface area contributed by atoms with E-state index in [2.05, 4.69) is 6.58 Å². The molecule has 1 fully saturated rings. The molecule has 0 bridgehead atoms. The highest BCUT2D eigenvalue weighted by atomic mass is 16.5. The molecule has 0 radical (unpaired) electrons. The lowest BCUT2D eigenvalue weighted by molar-refractivity contribution is -0.147. The molecule has 0 unspecified atom stereocenters. The van der Waals surface area contributed by atoms with Crippen LogP contribution in [0.4, 0.5) is 0 Å². The number of carbonyl (C=O) groups is 2. The molecule has 0 aliphatic carbocycles. The molecule has 1 aromatic carbocycles. The number of amides is 1. The Hall–Kier alpha value is -2.76. The highest BCUT2D eigenvalue weighted by Crippen LogP contribution is 2.28. The molecular weight excluding hydrogens is 334 g/mol. The Morgan fingerprint density at radius 3 is 2.38 bits per heavy atom. The van der Waals surface area contributed by atoms with Crippen LogP contribution in [0.2, 0.25) is 0 Å². The quantitative estimate of drug-likeness (QED) is 0.577. The number of piperidine rings is 1. The van der Waals surface area contributed by atoms with Gasteiger partial charge in [0, 0.05) is 37.6 Å². The number of benzene rings is 1. The monoisotopic (exact) mass is 359 g/mol. The van der Waals surface area contributed by atoms with Crippen molar-refractivity contribution in [3.05, 3.63) is 42.0 Å². The minimum Gasteiger partial charge on any atom is -0.493 e. The summed E-state index contributed by atoms with van der Waals surface area (Å²) in [5, 5.41) is 0. The lowest BCUT2D eigenvalue weighted by atomic mass is 10.1. The molecule has 0 atom stereocenters. The zero-order valence-corrected chi connectivity index (χ0v) is 15.5. The maximum absolute atomic E-state index is 12.3. The number of ether oxygens (including phenoxy) is 3. The van der Waals surface area contributed by atoms with Gasteiger partial charge in [0.1, 0.15) is 6.10 Å². The molecule has 1 aliphatic rings. The van der Waals surface area contributed by atoms with Crippen LogP contribution < -0.4 is 9.47 Å². The molecule has 1 heterocycles. The fraction of sp³-hybridized carbons (Fsp3) is 0.400. The normalized spacial score (nSPS) is 15.0. The molecule has 0 aromatic heterocycles. The molecule has 140 valence electrons. The first-order valence-corrected chi connectivity index (χ1v) is 8.50. The summed E-state index contributed by atoms with van der Waals surface area (Å²) >= 11 is 0. The number of methoxy groups -OCH3 is 2. The smallest absolute Gasteiger partial charge is 0.333 e. The van der Waals surface area contributed by atoms with Gasteiger partial charge in [0.2, 0.25) is 5.91 Å². The number of likely N-dealkylation sites (tertiary alicyclic amines) is 1. The Morgan fingerprint density at radius 2 is 1.81 bits per heavy atom. The van der Waals surface area contributed by atoms with E-state index in [1.807, 2.05) is 12.1 Å². The average molecular weight is 359 g/mol. The van der Waals surface area contributed by atoms with Gasteiger partial charge in [-0.3, -0.25) is 4.79 Å². The lowest BCUT2D eigenvalue weighted by Crippen LogP contribution is -2.40. The van der Waals surface area contributed by atoms with Crippen LogP contribution in [0.3, 0.4) is 0 Å². The van der Waals surface area contributed by atoms with Gasteiger partial charge in [-0.25, -0.2) is 4.79 Å². The van der Waals surface area contributed by atoms with Crippen LogP contribution in [-0.4, -0.2) is 50.2 Å². The third-order valence-electron chi connectivity index (χ3n) is 4.20. The topological polar surface area (TPSA) is 65.1 Å². The molecule has 6 nitrogen and oxygen atoms in total. The summed E-state index contributed by atoms with van der Waals surface area (Å²) in [7, 11) is 3.15.